The Kier molecular flexibility index (Phi) is 5.12. The summed E-state index contributed by atoms with van der Waals surface area (Å²) >= 11 is 2.39. The van der Waals surface area contributed by atoms with Gasteiger partial charge in [0.25, 0.3) is 5.91 Å². The third kappa shape index (κ3) is 3.87. The molecule has 0 radical (unpaired) electrons. The van der Waals surface area contributed by atoms with Crippen molar-refractivity contribution in [3.63, 3.8) is 0 Å². The van der Waals surface area contributed by atoms with Crippen molar-refractivity contribution in [1.82, 2.24) is 5.32 Å². The van der Waals surface area contributed by atoms with Crippen molar-refractivity contribution in [2.24, 2.45) is 0 Å². The van der Waals surface area contributed by atoms with E-state index in [1.54, 1.807) is 24.3 Å². The Hall–Kier alpha value is -2.29. The van der Waals surface area contributed by atoms with Crippen LogP contribution in [0.2, 0.25) is 0 Å². The van der Waals surface area contributed by atoms with E-state index in [1.165, 1.54) is 30.6 Å². The highest BCUT2D eigenvalue weighted by molar-refractivity contribution is 7.39. The Balaban J connectivity index is 1.69. The number of benzene rings is 1. The molecule has 0 saturated heterocycles. The summed E-state index contributed by atoms with van der Waals surface area (Å²) in [7, 11) is 1.50. The van der Waals surface area contributed by atoms with Gasteiger partial charge in [-0.25, -0.2) is 9.18 Å². The first-order valence-corrected chi connectivity index (χ1v) is 8.94. The van der Waals surface area contributed by atoms with Crippen LogP contribution in [0.4, 0.5) is 4.39 Å². The molecule has 2 heterocycles. The lowest BCUT2D eigenvalue weighted by Crippen LogP contribution is -2.28. The second kappa shape index (κ2) is 7.30. The number of methoxy groups -OCH3 is 1. The zero-order valence-corrected chi connectivity index (χ0v) is 14.7. The lowest BCUT2D eigenvalue weighted by Gasteiger charge is -2.16. The molecule has 2 aromatic heterocycles. The van der Waals surface area contributed by atoms with E-state index in [2.05, 4.69) is 5.32 Å². The molecule has 0 saturated carbocycles. The van der Waals surface area contributed by atoms with Gasteiger partial charge in [-0.2, -0.15) is 0 Å². The van der Waals surface area contributed by atoms with Gasteiger partial charge in [0.15, 0.2) is 0 Å². The SMILES string of the molecule is COC(CNC(=O)c1cc2cc(C(=O)O)sc2s1)c1cccc(F)c1. The third-order valence-corrected chi connectivity index (χ3v) is 5.98. The van der Waals surface area contributed by atoms with Crippen molar-refractivity contribution in [2.45, 2.75) is 6.10 Å². The van der Waals surface area contributed by atoms with E-state index in [9.17, 15) is 14.0 Å². The molecule has 1 atom stereocenters. The molecular weight excluding hydrogens is 365 g/mol. The normalized spacial score (nSPS) is 12.2. The average molecular weight is 379 g/mol. The third-order valence-electron chi connectivity index (χ3n) is 3.60. The fraction of sp³-hybridized carbons (Fsp3) is 0.176. The molecule has 0 aliphatic rings. The molecule has 0 bridgehead atoms. The Morgan fingerprint density at radius 1 is 1.24 bits per heavy atom. The lowest BCUT2D eigenvalue weighted by atomic mass is 10.1. The first kappa shape index (κ1) is 17.5. The van der Waals surface area contributed by atoms with Crippen LogP contribution >= 0.6 is 22.7 Å². The number of hydrogen-bond donors (Lipinski definition) is 2. The van der Waals surface area contributed by atoms with Gasteiger partial charge >= 0.3 is 5.97 Å². The molecule has 3 aromatic rings. The first-order chi connectivity index (χ1) is 12.0. The van der Waals surface area contributed by atoms with Crippen LogP contribution in [0.5, 0.6) is 0 Å². The van der Waals surface area contributed by atoms with Crippen LogP contribution in [0, 0.1) is 5.82 Å². The Morgan fingerprint density at radius 3 is 2.60 bits per heavy atom. The first-order valence-electron chi connectivity index (χ1n) is 7.31. The highest BCUT2D eigenvalue weighted by Gasteiger charge is 2.17. The summed E-state index contributed by atoms with van der Waals surface area (Å²) in [6, 6.07) is 9.26. The second-order valence-corrected chi connectivity index (χ2v) is 7.62. The van der Waals surface area contributed by atoms with Gasteiger partial charge in [-0.15, -0.1) is 22.7 Å². The molecule has 1 aromatic carbocycles. The van der Waals surface area contributed by atoms with E-state index in [4.69, 9.17) is 9.84 Å². The minimum atomic E-state index is -0.975. The molecule has 25 heavy (non-hydrogen) atoms. The summed E-state index contributed by atoms with van der Waals surface area (Å²) in [6.45, 7) is 0.199. The Labute approximate surface area is 150 Å². The zero-order chi connectivity index (χ0) is 18.0. The number of carbonyl (C=O) groups excluding carboxylic acids is 1. The van der Waals surface area contributed by atoms with Gasteiger partial charge in [0.1, 0.15) is 10.7 Å². The number of ether oxygens (including phenoxy) is 1. The minimum Gasteiger partial charge on any atom is -0.477 e. The van der Waals surface area contributed by atoms with Crippen LogP contribution in [-0.2, 0) is 4.74 Å². The van der Waals surface area contributed by atoms with Crippen LogP contribution in [0.15, 0.2) is 36.4 Å². The molecule has 130 valence electrons. The Morgan fingerprint density at radius 2 is 1.96 bits per heavy atom. The van der Waals surface area contributed by atoms with Gasteiger partial charge in [-0.05, 0) is 29.8 Å². The zero-order valence-electron chi connectivity index (χ0n) is 13.1. The molecule has 1 amide bonds. The van der Waals surface area contributed by atoms with Gasteiger partial charge in [-0.3, -0.25) is 4.79 Å². The molecule has 2 N–H and O–H groups in total. The highest BCUT2D eigenvalue weighted by Crippen LogP contribution is 2.33. The van der Waals surface area contributed by atoms with Gasteiger partial charge in [0.05, 0.1) is 15.0 Å². The largest absolute Gasteiger partial charge is 0.477 e. The van der Waals surface area contributed by atoms with Crippen molar-refractivity contribution in [3.05, 3.63) is 57.5 Å². The summed E-state index contributed by atoms with van der Waals surface area (Å²) in [5.41, 5.74) is 0.640. The van der Waals surface area contributed by atoms with Crippen LogP contribution in [0.25, 0.3) is 9.40 Å². The van der Waals surface area contributed by atoms with Crippen molar-refractivity contribution >= 4 is 43.9 Å². The van der Waals surface area contributed by atoms with Gasteiger partial charge < -0.3 is 15.2 Å². The summed E-state index contributed by atoms with van der Waals surface area (Å²) in [6.07, 6.45) is -0.459. The van der Waals surface area contributed by atoms with Gasteiger partial charge in [-0.1, -0.05) is 12.1 Å². The number of carboxylic acids is 1. The topological polar surface area (TPSA) is 75.6 Å². The lowest BCUT2D eigenvalue weighted by molar-refractivity contribution is 0.0702. The molecule has 8 heteroatoms. The predicted molar refractivity (Wildman–Crippen MR) is 95.1 cm³/mol. The summed E-state index contributed by atoms with van der Waals surface area (Å²) in [5.74, 6) is -1.61. The van der Waals surface area contributed by atoms with E-state index < -0.39 is 12.1 Å². The number of rotatable bonds is 6. The maximum absolute atomic E-state index is 13.3. The predicted octanol–water partition coefficient (Wildman–Crippen LogP) is 3.92. The number of amides is 1. The fourth-order valence-corrected chi connectivity index (χ4v) is 4.57. The fourth-order valence-electron chi connectivity index (χ4n) is 2.37. The smallest absolute Gasteiger partial charge is 0.345 e. The number of hydrogen-bond acceptors (Lipinski definition) is 5. The number of halogens is 1. The van der Waals surface area contributed by atoms with E-state index in [0.717, 1.165) is 20.7 Å². The number of nitrogens with one attached hydrogen (secondary N) is 1. The van der Waals surface area contributed by atoms with Crippen molar-refractivity contribution in [3.8, 4) is 0 Å². The van der Waals surface area contributed by atoms with E-state index >= 15 is 0 Å². The van der Waals surface area contributed by atoms with Crippen LogP contribution in [0.3, 0.4) is 0 Å². The van der Waals surface area contributed by atoms with Crippen molar-refractivity contribution < 1.29 is 23.8 Å². The molecule has 3 rings (SSSR count). The standard InChI is InChI=1S/C17H14FNO4S2/c1-23-12(9-3-2-4-11(18)5-9)8-19-15(20)13-6-10-7-14(16(21)22)25-17(10)24-13/h2-7,12H,8H2,1H3,(H,19,20)(H,21,22). The van der Waals surface area contributed by atoms with Crippen molar-refractivity contribution in [1.29, 1.82) is 0 Å². The molecule has 0 aliphatic heterocycles. The number of fused-ring (bicyclic) bond motifs is 1. The van der Waals surface area contributed by atoms with Gasteiger partial charge in [0.2, 0.25) is 0 Å². The number of aromatic carboxylic acids is 1. The summed E-state index contributed by atoms with van der Waals surface area (Å²) < 4.78 is 19.4. The summed E-state index contributed by atoms with van der Waals surface area (Å²) in [4.78, 5) is 24.0. The van der Waals surface area contributed by atoms with E-state index in [0.29, 0.717) is 10.4 Å². The molecule has 0 spiro atoms. The maximum Gasteiger partial charge on any atom is 0.345 e. The number of carbonyl (C=O) groups is 2. The van der Waals surface area contributed by atoms with Gasteiger partial charge in [0, 0.05) is 19.0 Å². The quantitative estimate of drug-likeness (QED) is 0.681. The van der Waals surface area contributed by atoms with Crippen LogP contribution < -0.4 is 5.32 Å². The minimum absolute atomic E-state index is 0.199. The number of thiophene rings is 2. The second-order valence-electron chi connectivity index (χ2n) is 5.26. The van der Waals surface area contributed by atoms with Crippen LogP contribution in [0.1, 0.15) is 31.0 Å². The maximum atomic E-state index is 13.3. The molecule has 5 nitrogen and oxygen atoms in total. The van der Waals surface area contributed by atoms with E-state index in [-0.39, 0.29) is 23.1 Å². The molecule has 0 fully saturated rings. The highest BCUT2D eigenvalue weighted by atomic mass is 32.2. The average Bonchev–Trinajstić information content (AvgIpc) is 3.14. The molecule has 1 unspecified atom stereocenters. The monoisotopic (exact) mass is 379 g/mol. The van der Waals surface area contributed by atoms with E-state index in [1.807, 2.05) is 0 Å². The summed E-state index contributed by atoms with van der Waals surface area (Å²) in [5, 5.41) is 12.5. The number of carboxylic acid groups (broad SMARTS) is 1. The molecule has 0 aliphatic carbocycles. The van der Waals surface area contributed by atoms with Crippen LogP contribution in [-0.4, -0.2) is 30.6 Å². The molecular formula is C17H14FNO4S2. The van der Waals surface area contributed by atoms with Crippen molar-refractivity contribution in [2.75, 3.05) is 13.7 Å². The Bertz CT molecular complexity index is 902.